The van der Waals surface area contributed by atoms with Crippen LogP contribution < -0.4 is 0 Å². The summed E-state index contributed by atoms with van der Waals surface area (Å²) in [6, 6.07) is 0. The second kappa shape index (κ2) is 10.4. The van der Waals surface area contributed by atoms with Gasteiger partial charge in [0.15, 0.2) is 0 Å². The van der Waals surface area contributed by atoms with Gasteiger partial charge in [-0.3, -0.25) is 9.36 Å². The molecule has 0 radical (unpaired) electrons. The van der Waals surface area contributed by atoms with Gasteiger partial charge in [0.1, 0.15) is 22.5 Å². The Labute approximate surface area is 158 Å². The fourth-order valence-corrected chi connectivity index (χ4v) is 2.10. The summed E-state index contributed by atoms with van der Waals surface area (Å²) < 4.78 is 61.0. The van der Waals surface area contributed by atoms with Crippen LogP contribution in [0.15, 0.2) is 12.4 Å². The van der Waals surface area contributed by atoms with Gasteiger partial charge in [0.2, 0.25) is 0 Å². The maximum Gasteiger partial charge on any atom is 0.341 e. The minimum absolute atomic E-state index is 0.149. The third-order valence-corrected chi connectivity index (χ3v) is 3.25. The van der Waals surface area contributed by atoms with E-state index in [0.717, 1.165) is 15.6 Å². The monoisotopic (exact) mass is 408 g/mol. The van der Waals surface area contributed by atoms with E-state index in [1.54, 1.807) is 13.8 Å². The number of aromatic nitrogens is 4. The number of esters is 2. The van der Waals surface area contributed by atoms with Gasteiger partial charge in [-0.15, -0.1) is 0 Å². The largest absolute Gasteiger partial charge is 0.462 e. The van der Waals surface area contributed by atoms with Gasteiger partial charge in [-0.05, 0) is 13.8 Å². The molecule has 12 heteroatoms. The molecule has 0 N–H and O–H groups in total. The second-order valence-corrected chi connectivity index (χ2v) is 5.21. The van der Waals surface area contributed by atoms with Crippen LogP contribution in [0.2, 0.25) is 0 Å². The van der Waals surface area contributed by atoms with Crippen LogP contribution >= 0.6 is 0 Å². The van der Waals surface area contributed by atoms with Crippen molar-refractivity contribution in [2.45, 2.75) is 26.7 Å². The number of carbonyl (C=O) groups is 2. The van der Waals surface area contributed by atoms with E-state index in [2.05, 4.69) is 19.7 Å². The molecule has 0 saturated heterocycles. The summed E-state index contributed by atoms with van der Waals surface area (Å²) in [5.41, 5.74) is -1.30. The lowest BCUT2D eigenvalue weighted by Gasteiger charge is -2.03. The third kappa shape index (κ3) is 5.79. The minimum atomic E-state index is -2.77. The first-order chi connectivity index (χ1) is 13.1. The van der Waals surface area contributed by atoms with E-state index in [1.807, 2.05) is 0 Å². The summed E-state index contributed by atoms with van der Waals surface area (Å²) in [4.78, 5) is 22.3. The zero-order valence-corrected chi connectivity index (χ0v) is 15.7. The first-order valence-corrected chi connectivity index (χ1v) is 8.09. The molecule has 0 unspecified atom stereocenters. The van der Waals surface area contributed by atoms with Crippen LogP contribution in [-0.4, -0.2) is 44.7 Å². The maximum absolute atomic E-state index is 12.5. The highest BCUT2D eigenvalue weighted by Gasteiger charge is 2.24. The van der Waals surface area contributed by atoms with Gasteiger partial charge < -0.3 is 9.47 Å². The molecule has 2 heterocycles. The first-order valence-electron chi connectivity index (χ1n) is 8.09. The molecule has 0 spiro atoms. The predicted octanol–water partition coefficient (Wildman–Crippen LogP) is 3.07. The number of aryl methyl sites for hydroxylation is 2. The molecule has 0 bridgehead atoms. The molecule has 0 atom stereocenters. The van der Waals surface area contributed by atoms with E-state index >= 15 is 0 Å². The number of ether oxygens (including phenoxy) is 2. The normalized spacial score (nSPS) is 10.6. The highest BCUT2D eigenvalue weighted by Crippen LogP contribution is 2.23. The van der Waals surface area contributed by atoms with Crippen molar-refractivity contribution in [3.8, 4) is 0 Å². The van der Waals surface area contributed by atoms with E-state index in [0.29, 0.717) is 0 Å². The van der Waals surface area contributed by atoms with Crippen LogP contribution in [0.4, 0.5) is 17.6 Å². The number of rotatable bonds is 6. The van der Waals surface area contributed by atoms with E-state index in [-0.39, 0.29) is 24.3 Å². The standard InChI is InChI=1S/2C8H10F2N2O2/c1-3-14-8(13)5-4-12(2)11-6(5)7(9)10;1-3-14-8(13)5-4-11-12(2)6(5)7(9)10/h2*4,7H,3H2,1-2H3. The Morgan fingerprint density at radius 2 is 1.54 bits per heavy atom. The summed E-state index contributed by atoms with van der Waals surface area (Å²) in [5.74, 6) is -1.54. The van der Waals surface area contributed by atoms with Crippen molar-refractivity contribution in [3.05, 3.63) is 34.9 Å². The lowest BCUT2D eigenvalue weighted by molar-refractivity contribution is 0.0506. The molecular weight excluding hydrogens is 388 g/mol. The third-order valence-electron chi connectivity index (χ3n) is 3.25. The molecule has 0 aromatic carbocycles. The Hall–Kier alpha value is -2.92. The summed E-state index contributed by atoms with van der Waals surface area (Å²) >= 11 is 0. The zero-order chi connectivity index (χ0) is 21.4. The molecule has 28 heavy (non-hydrogen) atoms. The Kier molecular flexibility index (Phi) is 8.61. The number of nitrogens with zero attached hydrogens (tertiary/aromatic N) is 4. The second-order valence-electron chi connectivity index (χ2n) is 5.21. The highest BCUT2D eigenvalue weighted by atomic mass is 19.3. The van der Waals surface area contributed by atoms with Crippen LogP contribution in [0.3, 0.4) is 0 Å². The van der Waals surface area contributed by atoms with E-state index in [9.17, 15) is 27.2 Å². The Morgan fingerprint density at radius 1 is 1.00 bits per heavy atom. The highest BCUT2D eigenvalue weighted by molar-refractivity contribution is 5.91. The van der Waals surface area contributed by atoms with Crippen molar-refractivity contribution >= 4 is 11.9 Å². The van der Waals surface area contributed by atoms with Gasteiger partial charge in [0, 0.05) is 20.3 Å². The maximum atomic E-state index is 12.5. The first kappa shape index (κ1) is 23.1. The average molecular weight is 408 g/mol. The Bertz CT molecular complexity index is 789. The van der Waals surface area contributed by atoms with Crippen molar-refractivity contribution < 1.29 is 36.6 Å². The molecule has 0 saturated carbocycles. The number of carbonyl (C=O) groups excluding carboxylic acids is 2. The van der Waals surface area contributed by atoms with E-state index in [4.69, 9.17) is 0 Å². The molecule has 2 aromatic rings. The number of hydrogen-bond donors (Lipinski definition) is 0. The molecule has 0 fully saturated rings. The summed E-state index contributed by atoms with van der Waals surface area (Å²) in [5, 5.41) is 7.06. The molecule has 0 aliphatic heterocycles. The van der Waals surface area contributed by atoms with Crippen LogP contribution in [-0.2, 0) is 23.6 Å². The molecule has 156 valence electrons. The van der Waals surface area contributed by atoms with Gasteiger partial charge in [0.25, 0.3) is 12.9 Å². The molecule has 0 amide bonds. The van der Waals surface area contributed by atoms with Crippen LogP contribution in [0, 0.1) is 0 Å². The van der Waals surface area contributed by atoms with Crippen molar-refractivity contribution in [2.24, 2.45) is 14.1 Å². The Balaban J connectivity index is 0.000000280. The lowest BCUT2D eigenvalue weighted by atomic mass is 10.2. The van der Waals surface area contributed by atoms with Crippen molar-refractivity contribution in [3.63, 3.8) is 0 Å². The van der Waals surface area contributed by atoms with Crippen molar-refractivity contribution in [1.82, 2.24) is 19.6 Å². The number of halogens is 4. The molecular formula is C16H20F4N4O4. The van der Waals surface area contributed by atoms with Gasteiger partial charge in [-0.1, -0.05) is 0 Å². The summed E-state index contributed by atoms with van der Waals surface area (Å²) in [6.45, 7) is 3.51. The molecule has 0 aliphatic rings. The predicted molar refractivity (Wildman–Crippen MR) is 88.2 cm³/mol. The lowest BCUT2D eigenvalue weighted by Crippen LogP contribution is -2.09. The van der Waals surface area contributed by atoms with E-state index in [1.165, 1.54) is 20.3 Å². The van der Waals surface area contributed by atoms with Crippen LogP contribution in [0.25, 0.3) is 0 Å². The minimum Gasteiger partial charge on any atom is -0.462 e. The van der Waals surface area contributed by atoms with Crippen molar-refractivity contribution in [2.75, 3.05) is 13.2 Å². The van der Waals surface area contributed by atoms with Gasteiger partial charge in [0.05, 0.1) is 19.4 Å². The van der Waals surface area contributed by atoms with Crippen LogP contribution in [0.1, 0.15) is 58.8 Å². The van der Waals surface area contributed by atoms with E-state index < -0.39 is 36.2 Å². The summed E-state index contributed by atoms with van der Waals surface area (Å²) in [6.07, 6.45) is -3.20. The van der Waals surface area contributed by atoms with Gasteiger partial charge in [-0.25, -0.2) is 27.2 Å². The molecule has 2 aromatic heterocycles. The number of hydrogen-bond acceptors (Lipinski definition) is 6. The van der Waals surface area contributed by atoms with Crippen LogP contribution in [0.5, 0.6) is 0 Å². The topological polar surface area (TPSA) is 88.2 Å². The fraction of sp³-hybridized carbons (Fsp3) is 0.500. The van der Waals surface area contributed by atoms with Gasteiger partial charge >= 0.3 is 11.9 Å². The van der Waals surface area contributed by atoms with Crippen molar-refractivity contribution in [1.29, 1.82) is 0 Å². The molecule has 0 aliphatic carbocycles. The smallest absolute Gasteiger partial charge is 0.341 e. The average Bonchev–Trinajstić information content (AvgIpc) is 3.19. The van der Waals surface area contributed by atoms with Gasteiger partial charge in [-0.2, -0.15) is 10.2 Å². The SMILES string of the molecule is CCOC(=O)c1cn(C)nc1C(F)F.CCOC(=O)c1cnn(C)c1C(F)F. The Morgan fingerprint density at radius 3 is 2.00 bits per heavy atom. The fourth-order valence-electron chi connectivity index (χ4n) is 2.10. The molecule has 8 nitrogen and oxygen atoms in total. The molecule has 2 rings (SSSR count). The number of alkyl halides is 4. The zero-order valence-electron chi connectivity index (χ0n) is 15.7. The summed E-state index contributed by atoms with van der Waals surface area (Å²) in [7, 11) is 2.82. The quantitative estimate of drug-likeness (QED) is 0.539.